The molecule has 0 aromatic rings. The molecule has 0 spiro atoms. The predicted octanol–water partition coefficient (Wildman–Crippen LogP) is 2.80. The van der Waals surface area contributed by atoms with Crippen LogP contribution in [-0.4, -0.2) is 49.3 Å². The number of hydrogen-bond acceptors (Lipinski definition) is 3. The van der Waals surface area contributed by atoms with E-state index in [0.29, 0.717) is 18.2 Å². The third kappa shape index (κ3) is 5.41. The van der Waals surface area contributed by atoms with Crippen LogP contribution in [0.2, 0.25) is 0 Å². The van der Waals surface area contributed by atoms with Crippen LogP contribution >= 0.6 is 0 Å². The van der Waals surface area contributed by atoms with E-state index < -0.39 is 0 Å². The minimum Gasteiger partial charge on any atom is -0.377 e. The minimum absolute atomic E-state index is 0.554. The third-order valence-electron chi connectivity index (χ3n) is 4.70. The first-order valence-electron chi connectivity index (χ1n) is 8.34. The van der Waals surface area contributed by atoms with Crippen molar-refractivity contribution in [3.8, 4) is 0 Å². The zero-order valence-electron chi connectivity index (χ0n) is 12.9. The molecule has 0 amide bonds. The molecule has 2 fully saturated rings. The average Bonchev–Trinajstić information content (AvgIpc) is 2.45. The second-order valence-corrected chi connectivity index (χ2v) is 6.49. The van der Waals surface area contributed by atoms with Crippen LogP contribution < -0.4 is 5.32 Å². The summed E-state index contributed by atoms with van der Waals surface area (Å²) in [5.74, 6) is 0. The number of piperidine rings is 1. The van der Waals surface area contributed by atoms with Crippen molar-refractivity contribution in [3.63, 3.8) is 0 Å². The van der Waals surface area contributed by atoms with Crippen LogP contribution in [0.15, 0.2) is 0 Å². The van der Waals surface area contributed by atoms with Gasteiger partial charge in [0.1, 0.15) is 0 Å². The van der Waals surface area contributed by atoms with Crippen molar-refractivity contribution < 1.29 is 4.74 Å². The van der Waals surface area contributed by atoms with Gasteiger partial charge in [-0.25, -0.2) is 0 Å². The monoisotopic (exact) mass is 268 g/mol. The maximum Gasteiger partial charge on any atom is 0.0594 e. The Morgan fingerprint density at radius 3 is 2.37 bits per heavy atom. The van der Waals surface area contributed by atoms with E-state index in [9.17, 15) is 0 Å². The number of nitrogens with one attached hydrogen (secondary N) is 1. The Kier molecular flexibility index (Phi) is 6.62. The highest BCUT2D eigenvalue weighted by atomic mass is 16.5. The Morgan fingerprint density at radius 2 is 1.74 bits per heavy atom. The van der Waals surface area contributed by atoms with Gasteiger partial charge < -0.3 is 15.0 Å². The molecular formula is C16H32N2O. The molecule has 0 aromatic carbocycles. The molecule has 3 heteroatoms. The molecule has 3 nitrogen and oxygen atoms in total. The van der Waals surface area contributed by atoms with Gasteiger partial charge in [0.05, 0.1) is 12.7 Å². The van der Waals surface area contributed by atoms with Crippen molar-refractivity contribution >= 4 is 0 Å². The third-order valence-corrected chi connectivity index (χ3v) is 4.70. The zero-order valence-corrected chi connectivity index (χ0v) is 12.9. The summed E-state index contributed by atoms with van der Waals surface area (Å²) in [6, 6.07) is 1.42. The van der Waals surface area contributed by atoms with E-state index in [1.54, 1.807) is 0 Å². The predicted molar refractivity (Wildman–Crippen MR) is 80.6 cm³/mol. The van der Waals surface area contributed by atoms with E-state index in [1.165, 1.54) is 58.0 Å². The number of nitrogens with zero attached hydrogens (tertiary/aromatic N) is 1. The molecule has 1 aliphatic carbocycles. The standard InChI is InChI=1S/C16H32N2O/c1-14(2)18-11-8-15(9-12-18)17-10-13-19-16-6-4-3-5-7-16/h14-17H,3-13H2,1-2H3. The van der Waals surface area contributed by atoms with Gasteiger partial charge in [-0.1, -0.05) is 19.3 Å². The van der Waals surface area contributed by atoms with Gasteiger partial charge in [-0.15, -0.1) is 0 Å². The van der Waals surface area contributed by atoms with Crippen LogP contribution in [0.25, 0.3) is 0 Å². The van der Waals surface area contributed by atoms with Gasteiger partial charge in [-0.2, -0.15) is 0 Å². The molecule has 2 rings (SSSR count). The van der Waals surface area contributed by atoms with Crippen LogP contribution in [0.3, 0.4) is 0 Å². The quantitative estimate of drug-likeness (QED) is 0.750. The van der Waals surface area contributed by atoms with Gasteiger partial charge in [0, 0.05) is 18.6 Å². The van der Waals surface area contributed by atoms with Crippen LogP contribution in [0.5, 0.6) is 0 Å². The molecular weight excluding hydrogens is 236 g/mol. The lowest BCUT2D eigenvalue weighted by Crippen LogP contribution is -2.45. The highest BCUT2D eigenvalue weighted by Crippen LogP contribution is 2.20. The number of hydrogen-bond donors (Lipinski definition) is 1. The van der Waals surface area contributed by atoms with Gasteiger partial charge in [0.15, 0.2) is 0 Å². The second-order valence-electron chi connectivity index (χ2n) is 6.49. The van der Waals surface area contributed by atoms with Gasteiger partial charge in [-0.05, 0) is 52.6 Å². The topological polar surface area (TPSA) is 24.5 Å². The van der Waals surface area contributed by atoms with Crippen LogP contribution in [0.1, 0.15) is 58.8 Å². The largest absolute Gasteiger partial charge is 0.377 e. The summed E-state index contributed by atoms with van der Waals surface area (Å²) in [5, 5.41) is 3.67. The maximum absolute atomic E-state index is 5.96. The normalized spacial score (nSPS) is 24.2. The molecule has 112 valence electrons. The molecule has 1 N–H and O–H groups in total. The minimum atomic E-state index is 0.554. The summed E-state index contributed by atoms with van der Waals surface area (Å²) in [5.41, 5.74) is 0. The lowest BCUT2D eigenvalue weighted by molar-refractivity contribution is 0.0282. The molecule has 0 radical (unpaired) electrons. The van der Waals surface area contributed by atoms with Crippen molar-refractivity contribution in [2.24, 2.45) is 0 Å². The van der Waals surface area contributed by atoms with Gasteiger partial charge in [-0.3, -0.25) is 0 Å². The molecule has 0 atom stereocenters. The van der Waals surface area contributed by atoms with E-state index in [4.69, 9.17) is 4.74 Å². The van der Waals surface area contributed by atoms with Crippen molar-refractivity contribution in [2.75, 3.05) is 26.2 Å². The smallest absolute Gasteiger partial charge is 0.0594 e. The molecule has 0 aromatic heterocycles. The van der Waals surface area contributed by atoms with Gasteiger partial charge in [0.2, 0.25) is 0 Å². The van der Waals surface area contributed by atoms with Crippen molar-refractivity contribution in [1.82, 2.24) is 10.2 Å². The molecule has 0 unspecified atom stereocenters. The van der Waals surface area contributed by atoms with Gasteiger partial charge >= 0.3 is 0 Å². The second kappa shape index (κ2) is 8.23. The summed E-state index contributed by atoms with van der Waals surface area (Å²) in [4.78, 5) is 2.58. The summed E-state index contributed by atoms with van der Waals surface area (Å²) in [7, 11) is 0. The number of ether oxygens (including phenoxy) is 1. The van der Waals surface area contributed by atoms with Crippen LogP contribution in [-0.2, 0) is 4.74 Å². The highest BCUT2D eigenvalue weighted by Gasteiger charge is 2.20. The van der Waals surface area contributed by atoms with Crippen molar-refractivity contribution in [2.45, 2.75) is 77.0 Å². The molecule has 1 saturated carbocycles. The van der Waals surface area contributed by atoms with Gasteiger partial charge in [0.25, 0.3) is 0 Å². The maximum atomic E-state index is 5.96. The van der Waals surface area contributed by atoms with Crippen molar-refractivity contribution in [3.05, 3.63) is 0 Å². The SMILES string of the molecule is CC(C)N1CCC(NCCOC2CCCCC2)CC1. The fourth-order valence-electron chi connectivity index (χ4n) is 3.34. The van der Waals surface area contributed by atoms with E-state index in [-0.39, 0.29) is 0 Å². The highest BCUT2D eigenvalue weighted by molar-refractivity contribution is 4.78. The lowest BCUT2D eigenvalue weighted by Gasteiger charge is -2.35. The molecule has 2 aliphatic rings. The number of likely N-dealkylation sites (tertiary alicyclic amines) is 1. The molecule has 0 bridgehead atoms. The van der Waals surface area contributed by atoms with Crippen LogP contribution in [0.4, 0.5) is 0 Å². The summed E-state index contributed by atoms with van der Waals surface area (Å²) in [6.07, 6.45) is 9.85. The Morgan fingerprint density at radius 1 is 1.05 bits per heavy atom. The molecule has 19 heavy (non-hydrogen) atoms. The van der Waals surface area contributed by atoms with E-state index in [1.807, 2.05) is 0 Å². The number of rotatable bonds is 6. The molecule has 1 saturated heterocycles. The summed E-state index contributed by atoms with van der Waals surface area (Å²) in [6.45, 7) is 9.02. The van der Waals surface area contributed by atoms with E-state index >= 15 is 0 Å². The van der Waals surface area contributed by atoms with Crippen molar-refractivity contribution in [1.29, 1.82) is 0 Å². The Labute approximate surface area is 119 Å². The Hall–Kier alpha value is -0.120. The lowest BCUT2D eigenvalue weighted by atomic mass is 9.98. The van der Waals surface area contributed by atoms with E-state index in [2.05, 4.69) is 24.1 Å². The molecule has 1 aliphatic heterocycles. The zero-order chi connectivity index (χ0) is 13.5. The first-order chi connectivity index (χ1) is 9.25. The van der Waals surface area contributed by atoms with Crippen LogP contribution in [0, 0.1) is 0 Å². The Balaban J connectivity index is 1.49. The average molecular weight is 268 g/mol. The first kappa shape index (κ1) is 15.3. The Bertz CT molecular complexity index is 231. The fourth-order valence-corrected chi connectivity index (χ4v) is 3.34. The summed E-state index contributed by atoms with van der Waals surface area (Å²) < 4.78 is 5.96. The summed E-state index contributed by atoms with van der Waals surface area (Å²) >= 11 is 0. The molecule has 1 heterocycles. The first-order valence-corrected chi connectivity index (χ1v) is 8.34. The fraction of sp³-hybridized carbons (Fsp3) is 1.00. The van der Waals surface area contributed by atoms with E-state index in [0.717, 1.165) is 13.2 Å².